The first-order chi connectivity index (χ1) is 9.63. The van der Waals surface area contributed by atoms with Gasteiger partial charge in [0.1, 0.15) is 5.01 Å². The molecule has 0 spiro atoms. The van der Waals surface area contributed by atoms with Crippen molar-refractivity contribution in [2.75, 3.05) is 13.1 Å². The molecule has 0 aliphatic rings. The van der Waals surface area contributed by atoms with E-state index in [0.717, 1.165) is 29.4 Å². The number of carbonyl (C=O) groups excluding carboxylic acids is 1. The molecule has 0 fully saturated rings. The number of likely N-dealkylation sites (N-methyl/N-ethyl adjacent to an activating group) is 1. The molecule has 2 rings (SSSR count). The molecule has 0 aliphatic heterocycles. The molecule has 0 radical (unpaired) electrons. The summed E-state index contributed by atoms with van der Waals surface area (Å²) in [6, 6.07) is 7.58. The van der Waals surface area contributed by atoms with Gasteiger partial charge < -0.3 is 4.90 Å². The summed E-state index contributed by atoms with van der Waals surface area (Å²) in [6.07, 6.45) is 0.367. The highest BCUT2D eigenvalue weighted by molar-refractivity contribution is 7.13. The number of hydrogen-bond acceptors (Lipinski definition) is 3. The van der Waals surface area contributed by atoms with E-state index in [1.54, 1.807) is 11.3 Å². The zero-order valence-corrected chi connectivity index (χ0v) is 13.2. The highest BCUT2D eigenvalue weighted by Crippen LogP contribution is 2.25. The Balaban J connectivity index is 2.09. The molecule has 0 bridgehead atoms. The van der Waals surface area contributed by atoms with Crippen molar-refractivity contribution in [1.82, 2.24) is 9.88 Å². The van der Waals surface area contributed by atoms with Crippen LogP contribution in [0.5, 0.6) is 0 Å². The summed E-state index contributed by atoms with van der Waals surface area (Å²) in [5.41, 5.74) is 1.86. The van der Waals surface area contributed by atoms with Gasteiger partial charge in [0.05, 0.1) is 12.1 Å². The smallest absolute Gasteiger partial charge is 0.228 e. The molecule has 0 unspecified atom stereocenters. The largest absolute Gasteiger partial charge is 0.343 e. The standard InChI is InChI=1S/C15H17ClN2OS/c1-3-18(4-2)14(19)9-13-10-20-15(17-13)11-5-7-12(16)8-6-11/h5-8,10H,3-4,9H2,1-2H3. The van der Waals surface area contributed by atoms with Gasteiger partial charge in [0, 0.05) is 29.1 Å². The molecule has 1 aromatic carbocycles. The molecule has 0 saturated carbocycles. The molecule has 0 atom stereocenters. The van der Waals surface area contributed by atoms with Crippen LogP contribution in [0.4, 0.5) is 0 Å². The monoisotopic (exact) mass is 308 g/mol. The number of thiazole rings is 1. The molecule has 1 amide bonds. The number of halogens is 1. The number of aromatic nitrogens is 1. The number of nitrogens with zero attached hydrogens (tertiary/aromatic N) is 2. The van der Waals surface area contributed by atoms with E-state index < -0.39 is 0 Å². The Morgan fingerprint density at radius 3 is 2.50 bits per heavy atom. The van der Waals surface area contributed by atoms with Crippen LogP contribution in [-0.4, -0.2) is 28.9 Å². The van der Waals surface area contributed by atoms with Crippen LogP contribution in [-0.2, 0) is 11.2 Å². The van der Waals surface area contributed by atoms with Gasteiger partial charge in [-0.15, -0.1) is 11.3 Å². The molecule has 106 valence electrons. The first-order valence-corrected chi connectivity index (χ1v) is 7.88. The third-order valence-electron chi connectivity index (χ3n) is 3.09. The minimum absolute atomic E-state index is 0.128. The molecule has 2 aromatic rings. The fraction of sp³-hybridized carbons (Fsp3) is 0.333. The Morgan fingerprint density at radius 1 is 1.25 bits per heavy atom. The molecule has 1 heterocycles. The zero-order chi connectivity index (χ0) is 14.5. The summed E-state index contributed by atoms with van der Waals surface area (Å²) in [5.74, 6) is 0.128. The van der Waals surface area contributed by atoms with Crippen molar-refractivity contribution >= 4 is 28.8 Å². The third kappa shape index (κ3) is 3.58. The van der Waals surface area contributed by atoms with Crippen LogP contribution in [0, 0.1) is 0 Å². The second-order valence-electron chi connectivity index (χ2n) is 4.39. The number of carbonyl (C=O) groups is 1. The van der Waals surface area contributed by atoms with Crippen LogP contribution in [0.15, 0.2) is 29.6 Å². The summed E-state index contributed by atoms with van der Waals surface area (Å²) in [7, 11) is 0. The Morgan fingerprint density at radius 2 is 1.90 bits per heavy atom. The van der Waals surface area contributed by atoms with Crippen molar-refractivity contribution < 1.29 is 4.79 Å². The lowest BCUT2D eigenvalue weighted by molar-refractivity contribution is -0.130. The summed E-state index contributed by atoms with van der Waals surface area (Å²) in [4.78, 5) is 18.4. The van der Waals surface area contributed by atoms with Gasteiger partial charge in [0.15, 0.2) is 0 Å². The Hall–Kier alpha value is -1.39. The van der Waals surface area contributed by atoms with E-state index in [4.69, 9.17) is 11.6 Å². The lowest BCUT2D eigenvalue weighted by atomic mass is 10.2. The maximum absolute atomic E-state index is 12.0. The van der Waals surface area contributed by atoms with Gasteiger partial charge in [-0.25, -0.2) is 4.98 Å². The van der Waals surface area contributed by atoms with Crippen molar-refractivity contribution in [3.8, 4) is 10.6 Å². The minimum atomic E-state index is 0.128. The predicted octanol–water partition coefficient (Wildman–Crippen LogP) is 3.87. The van der Waals surface area contributed by atoms with Crippen LogP contribution in [0.25, 0.3) is 10.6 Å². The van der Waals surface area contributed by atoms with Gasteiger partial charge in [-0.05, 0) is 26.0 Å². The second-order valence-corrected chi connectivity index (χ2v) is 5.69. The van der Waals surface area contributed by atoms with Crippen molar-refractivity contribution in [2.24, 2.45) is 0 Å². The Kier molecular flexibility index (Phi) is 5.15. The van der Waals surface area contributed by atoms with E-state index in [0.29, 0.717) is 11.4 Å². The predicted molar refractivity (Wildman–Crippen MR) is 84.2 cm³/mol. The summed E-state index contributed by atoms with van der Waals surface area (Å²) in [6.45, 7) is 5.45. The van der Waals surface area contributed by atoms with Crippen LogP contribution < -0.4 is 0 Å². The second kappa shape index (κ2) is 6.86. The SMILES string of the molecule is CCN(CC)C(=O)Cc1csc(-c2ccc(Cl)cc2)n1. The molecular weight excluding hydrogens is 292 g/mol. The first-order valence-electron chi connectivity index (χ1n) is 6.62. The summed E-state index contributed by atoms with van der Waals surface area (Å²) in [5, 5.41) is 3.58. The average Bonchev–Trinajstić information content (AvgIpc) is 2.89. The first kappa shape index (κ1) is 15.0. The van der Waals surface area contributed by atoms with Crippen LogP contribution in [0.3, 0.4) is 0 Å². The van der Waals surface area contributed by atoms with Gasteiger partial charge >= 0.3 is 0 Å². The van der Waals surface area contributed by atoms with Gasteiger partial charge in [-0.1, -0.05) is 23.7 Å². The van der Waals surface area contributed by atoms with Crippen LogP contribution >= 0.6 is 22.9 Å². The fourth-order valence-corrected chi connectivity index (χ4v) is 2.91. The highest BCUT2D eigenvalue weighted by atomic mass is 35.5. The minimum Gasteiger partial charge on any atom is -0.343 e. The molecule has 20 heavy (non-hydrogen) atoms. The molecule has 0 N–H and O–H groups in total. The van der Waals surface area contributed by atoms with Gasteiger partial charge in [-0.3, -0.25) is 4.79 Å². The molecule has 5 heteroatoms. The number of rotatable bonds is 5. The molecule has 0 saturated heterocycles. The molecule has 1 aromatic heterocycles. The number of benzene rings is 1. The number of amides is 1. The van der Waals surface area contributed by atoms with E-state index in [2.05, 4.69) is 4.98 Å². The topological polar surface area (TPSA) is 33.2 Å². The van der Waals surface area contributed by atoms with Gasteiger partial charge in [-0.2, -0.15) is 0 Å². The molecule has 0 aliphatic carbocycles. The lowest BCUT2D eigenvalue weighted by Gasteiger charge is -2.17. The van der Waals surface area contributed by atoms with Crippen molar-refractivity contribution in [2.45, 2.75) is 20.3 Å². The van der Waals surface area contributed by atoms with Crippen LogP contribution in [0.1, 0.15) is 19.5 Å². The van der Waals surface area contributed by atoms with Crippen molar-refractivity contribution in [3.05, 3.63) is 40.4 Å². The normalized spacial score (nSPS) is 10.6. The lowest BCUT2D eigenvalue weighted by Crippen LogP contribution is -2.31. The molecular formula is C15H17ClN2OS. The summed E-state index contributed by atoms with van der Waals surface area (Å²) < 4.78 is 0. The van der Waals surface area contributed by atoms with E-state index in [1.165, 1.54) is 0 Å². The summed E-state index contributed by atoms with van der Waals surface area (Å²) >= 11 is 7.43. The van der Waals surface area contributed by atoms with E-state index in [1.807, 2.05) is 48.4 Å². The fourth-order valence-electron chi connectivity index (χ4n) is 1.96. The molecule has 3 nitrogen and oxygen atoms in total. The van der Waals surface area contributed by atoms with Gasteiger partial charge in [0.2, 0.25) is 5.91 Å². The van der Waals surface area contributed by atoms with E-state index >= 15 is 0 Å². The van der Waals surface area contributed by atoms with Crippen LogP contribution in [0.2, 0.25) is 5.02 Å². The quantitative estimate of drug-likeness (QED) is 0.840. The van der Waals surface area contributed by atoms with Crippen molar-refractivity contribution in [3.63, 3.8) is 0 Å². The average molecular weight is 309 g/mol. The van der Waals surface area contributed by atoms with E-state index in [-0.39, 0.29) is 5.91 Å². The zero-order valence-electron chi connectivity index (χ0n) is 11.6. The van der Waals surface area contributed by atoms with E-state index in [9.17, 15) is 4.79 Å². The van der Waals surface area contributed by atoms with Gasteiger partial charge in [0.25, 0.3) is 0 Å². The Bertz CT molecular complexity index is 576. The number of hydrogen-bond donors (Lipinski definition) is 0. The maximum Gasteiger partial charge on any atom is 0.228 e. The van der Waals surface area contributed by atoms with Crippen molar-refractivity contribution in [1.29, 1.82) is 0 Å². The third-order valence-corrected chi connectivity index (χ3v) is 4.28. The highest BCUT2D eigenvalue weighted by Gasteiger charge is 2.13. The maximum atomic E-state index is 12.0. The Labute approximate surface area is 128 Å².